The number of hydrogen-bond donors (Lipinski definition) is 1. The Hall–Kier alpha value is -1.24. The smallest absolute Gasteiger partial charge is 0.257 e. The summed E-state index contributed by atoms with van der Waals surface area (Å²) in [5.74, 6) is 2.09. The topological polar surface area (TPSA) is 54.2 Å². The summed E-state index contributed by atoms with van der Waals surface area (Å²) in [6, 6.07) is 4.00. The molecular weight excluding hydrogens is 272 g/mol. The summed E-state index contributed by atoms with van der Waals surface area (Å²) in [5.41, 5.74) is 0. The zero-order valence-electron chi connectivity index (χ0n) is 11.7. The van der Waals surface area contributed by atoms with Crippen molar-refractivity contribution in [1.29, 1.82) is 0 Å². The van der Waals surface area contributed by atoms with Gasteiger partial charge in [-0.2, -0.15) is 0 Å². The molecule has 2 aromatic rings. The monoisotopic (exact) mass is 292 g/mol. The van der Waals surface area contributed by atoms with Gasteiger partial charge >= 0.3 is 0 Å². The molecule has 1 N–H and O–H groups in total. The highest BCUT2D eigenvalue weighted by atomic mass is 32.1. The van der Waals surface area contributed by atoms with Crippen molar-refractivity contribution < 1.29 is 4.42 Å². The third-order valence-corrected chi connectivity index (χ3v) is 4.51. The van der Waals surface area contributed by atoms with E-state index in [-0.39, 0.29) is 0 Å². The van der Waals surface area contributed by atoms with Crippen molar-refractivity contribution in [2.24, 2.45) is 5.92 Å². The van der Waals surface area contributed by atoms with Crippen LogP contribution in [0.4, 0.5) is 0 Å². The normalized spacial score (nSPS) is 20.4. The van der Waals surface area contributed by atoms with E-state index in [4.69, 9.17) is 4.42 Å². The van der Waals surface area contributed by atoms with Gasteiger partial charge in [0, 0.05) is 6.54 Å². The first-order valence-corrected chi connectivity index (χ1v) is 7.96. The minimum Gasteiger partial charge on any atom is -0.419 e. The van der Waals surface area contributed by atoms with Crippen LogP contribution >= 0.6 is 11.3 Å². The molecule has 108 valence electrons. The molecule has 1 aliphatic heterocycles. The number of nitrogens with zero attached hydrogens (tertiary/aromatic N) is 3. The van der Waals surface area contributed by atoms with E-state index < -0.39 is 0 Å². The Kier molecular flexibility index (Phi) is 4.44. The summed E-state index contributed by atoms with van der Waals surface area (Å²) >= 11 is 1.62. The van der Waals surface area contributed by atoms with Crippen molar-refractivity contribution in [2.45, 2.75) is 19.4 Å². The van der Waals surface area contributed by atoms with Crippen molar-refractivity contribution in [2.75, 3.05) is 26.7 Å². The maximum absolute atomic E-state index is 5.76. The van der Waals surface area contributed by atoms with Crippen molar-refractivity contribution >= 4 is 11.3 Å². The molecule has 1 aliphatic rings. The molecule has 1 fully saturated rings. The van der Waals surface area contributed by atoms with Gasteiger partial charge in [-0.25, -0.2) is 0 Å². The average Bonchev–Trinajstić information content (AvgIpc) is 3.10. The molecule has 0 saturated carbocycles. The number of rotatable bonds is 5. The van der Waals surface area contributed by atoms with Crippen LogP contribution in [0.5, 0.6) is 0 Å². The fraction of sp³-hybridized carbons (Fsp3) is 0.571. The minimum atomic E-state index is 0.638. The molecular formula is C14H20N4OS. The average molecular weight is 292 g/mol. The Labute approximate surface area is 123 Å². The van der Waals surface area contributed by atoms with E-state index in [1.807, 2.05) is 24.6 Å². The van der Waals surface area contributed by atoms with Crippen LogP contribution in [0.2, 0.25) is 0 Å². The first-order valence-electron chi connectivity index (χ1n) is 7.08. The fourth-order valence-corrected chi connectivity index (χ4v) is 3.40. The third kappa shape index (κ3) is 3.26. The van der Waals surface area contributed by atoms with Gasteiger partial charge in [0.25, 0.3) is 5.89 Å². The molecule has 0 spiro atoms. The zero-order chi connectivity index (χ0) is 13.8. The van der Waals surface area contributed by atoms with E-state index in [1.165, 1.54) is 12.8 Å². The lowest BCUT2D eigenvalue weighted by molar-refractivity contribution is 0.154. The van der Waals surface area contributed by atoms with E-state index in [0.29, 0.717) is 5.89 Å². The van der Waals surface area contributed by atoms with E-state index in [2.05, 4.69) is 20.4 Å². The third-order valence-electron chi connectivity index (χ3n) is 3.65. The van der Waals surface area contributed by atoms with Gasteiger partial charge in [0.15, 0.2) is 0 Å². The van der Waals surface area contributed by atoms with Crippen molar-refractivity contribution in [3.05, 3.63) is 23.4 Å². The molecule has 5 nitrogen and oxygen atoms in total. The largest absolute Gasteiger partial charge is 0.419 e. The Morgan fingerprint density at radius 1 is 1.50 bits per heavy atom. The van der Waals surface area contributed by atoms with Gasteiger partial charge in [0.1, 0.15) is 0 Å². The second-order valence-corrected chi connectivity index (χ2v) is 6.23. The number of thiophene rings is 1. The predicted octanol–water partition coefficient (Wildman–Crippen LogP) is 2.23. The number of likely N-dealkylation sites (tertiary alicyclic amines) is 1. The zero-order valence-corrected chi connectivity index (χ0v) is 12.5. The molecule has 20 heavy (non-hydrogen) atoms. The Morgan fingerprint density at radius 2 is 2.45 bits per heavy atom. The fourth-order valence-electron chi connectivity index (χ4n) is 2.76. The molecule has 0 aliphatic carbocycles. The molecule has 6 heteroatoms. The molecule has 0 radical (unpaired) electrons. The summed E-state index contributed by atoms with van der Waals surface area (Å²) in [5, 5.41) is 13.6. The first kappa shape index (κ1) is 13.7. The second kappa shape index (κ2) is 6.47. The van der Waals surface area contributed by atoms with Crippen molar-refractivity contribution in [3.8, 4) is 10.8 Å². The molecule has 1 saturated heterocycles. The Morgan fingerprint density at radius 3 is 3.25 bits per heavy atom. The van der Waals surface area contributed by atoms with Crippen LogP contribution in [-0.2, 0) is 6.54 Å². The lowest BCUT2D eigenvalue weighted by Gasteiger charge is -2.31. The maximum atomic E-state index is 5.76. The highest BCUT2D eigenvalue weighted by Gasteiger charge is 2.21. The van der Waals surface area contributed by atoms with Crippen LogP contribution in [0, 0.1) is 5.92 Å². The predicted molar refractivity (Wildman–Crippen MR) is 79.5 cm³/mol. The summed E-state index contributed by atoms with van der Waals surface area (Å²) in [6.45, 7) is 4.08. The highest BCUT2D eigenvalue weighted by molar-refractivity contribution is 7.13. The van der Waals surface area contributed by atoms with Crippen LogP contribution in [0.25, 0.3) is 10.8 Å². The van der Waals surface area contributed by atoms with Gasteiger partial charge in [-0.15, -0.1) is 21.5 Å². The summed E-state index contributed by atoms with van der Waals surface area (Å²) in [6.07, 6.45) is 2.56. The molecule has 2 aromatic heterocycles. The lowest BCUT2D eigenvalue weighted by atomic mass is 9.98. The van der Waals surface area contributed by atoms with E-state index >= 15 is 0 Å². The second-order valence-electron chi connectivity index (χ2n) is 5.28. The van der Waals surface area contributed by atoms with E-state index in [9.17, 15) is 0 Å². The minimum absolute atomic E-state index is 0.638. The molecule has 0 amide bonds. The number of nitrogens with one attached hydrogen (secondary N) is 1. The van der Waals surface area contributed by atoms with Gasteiger partial charge in [0.2, 0.25) is 5.89 Å². The summed E-state index contributed by atoms with van der Waals surface area (Å²) in [4.78, 5) is 3.45. The Bertz CT molecular complexity index is 523. The van der Waals surface area contributed by atoms with E-state index in [0.717, 1.165) is 42.9 Å². The van der Waals surface area contributed by atoms with Crippen LogP contribution in [0.1, 0.15) is 18.7 Å². The van der Waals surface area contributed by atoms with Crippen LogP contribution in [0.15, 0.2) is 21.9 Å². The quantitative estimate of drug-likeness (QED) is 0.916. The molecule has 3 rings (SSSR count). The van der Waals surface area contributed by atoms with Gasteiger partial charge in [0.05, 0.1) is 11.4 Å². The van der Waals surface area contributed by atoms with Gasteiger partial charge in [-0.05, 0) is 50.3 Å². The standard InChI is InChI=1S/C14H20N4OS/c1-15-8-11-4-2-6-18(9-11)10-13-16-17-14(19-13)12-5-3-7-20-12/h3,5,7,11,15H,2,4,6,8-10H2,1H3. The van der Waals surface area contributed by atoms with Crippen molar-refractivity contribution in [3.63, 3.8) is 0 Å². The SMILES string of the molecule is CNCC1CCCN(Cc2nnc(-c3cccs3)o2)C1. The molecule has 1 unspecified atom stereocenters. The molecule has 0 aromatic carbocycles. The summed E-state index contributed by atoms with van der Waals surface area (Å²) < 4.78 is 5.76. The number of piperidine rings is 1. The number of hydrogen-bond acceptors (Lipinski definition) is 6. The van der Waals surface area contributed by atoms with Crippen LogP contribution in [0.3, 0.4) is 0 Å². The molecule has 0 bridgehead atoms. The van der Waals surface area contributed by atoms with Gasteiger partial charge in [-0.1, -0.05) is 6.07 Å². The summed E-state index contributed by atoms with van der Waals surface area (Å²) in [7, 11) is 2.02. The molecule has 1 atom stereocenters. The van der Waals surface area contributed by atoms with Gasteiger partial charge < -0.3 is 9.73 Å². The first-order chi connectivity index (χ1) is 9.85. The van der Waals surface area contributed by atoms with Gasteiger partial charge in [-0.3, -0.25) is 4.90 Å². The van der Waals surface area contributed by atoms with Crippen LogP contribution < -0.4 is 5.32 Å². The van der Waals surface area contributed by atoms with Crippen molar-refractivity contribution in [1.82, 2.24) is 20.4 Å². The lowest BCUT2D eigenvalue weighted by Crippen LogP contribution is -2.38. The maximum Gasteiger partial charge on any atom is 0.257 e. The van der Waals surface area contributed by atoms with Crippen LogP contribution in [-0.4, -0.2) is 41.8 Å². The number of aromatic nitrogens is 2. The molecule has 3 heterocycles. The van der Waals surface area contributed by atoms with E-state index in [1.54, 1.807) is 11.3 Å². The highest BCUT2D eigenvalue weighted by Crippen LogP contribution is 2.24. The Balaban J connectivity index is 1.60.